The lowest BCUT2D eigenvalue weighted by Crippen LogP contribution is -2.32. The predicted molar refractivity (Wildman–Crippen MR) is 150 cm³/mol. The first kappa shape index (κ1) is 27.7. The van der Waals surface area contributed by atoms with E-state index >= 15 is 4.39 Å². The number of rotatable bonds is 6. The zero-order valence-corrected chi connectivity index (χ0v) is 23.2. The van der Waals surface area contributed by atoms with E-state index in [9.17, 15) is 17.6 Å². The Morgan fingerprint density at radius 1 is 1.07 bits per heavy atom. The van der Waals surface area contributed by atoms with Gasteiger partial charge >= 0.3 is 6.18 Å². The van der Waals surface area contributed by atoms with E-state index < -0.39 is 23.4 Å². The van der Waals surface area contributed by atoms with Crippen molar-refractivity contribution in [3.63, 3.8) is 0 Å². The Hall–Kier alpha value is -4.41. The van der Waals surface area contributed by atoms with Crippen molar-refractivity contribution in [3.05, 3.63) is 88.9 Å². The second-order valence-corrected chi connectivity index (χ2v) is 10.9. The molecule has 5 aromatic rings. The number of ether oxygens (including phenoxy) is 1. The topological polar surface area (TPSA) is 59.0 Å². The van der Waals surface area contributed by atoms with Gasteiger partial charge < -0.3 is 14.6 Å². The highest BCUT2D eigenvalue weighted by Crippen LogP contribution is 2.39. The Kier molecular flexibility index (Phi) is 6.90. The van der Waals surface area contributed by atoms with E-state index in [0.717, 1.165) is 11.3 Å². The van der Waals surface area contributed by atoms with Gasteiger partial charge in [-0.05, 0) is 48.7 Å². The van der Waals surface area contributed by atoms with Crippen molar-refractivity contribution in [2.75, 3.05) is 18.1 Å². The summed E-state index contributed by atoms with van der Waals surface area (Å²) in [5, 5.41) is 5.62. The van der Waals surface area contributed by atoms with E-state index in [1.807, 2.05) is 45.0 Å². The molecule has 6 nitrogen and oxygen atoms in total. The van der Waals surface area contributed by atoms with Gasteiger partial charge in [0.1, 0.15) is 17.3 Å². The average molecular weight is 582 g/mol. The third kappa shape index (κ3) is 4.97. The first-order valence-corrected chi connectivity index (χ1v) is 13.6. The van der Waals surface area contributed by atoms with Gasteiger partial charge in [0.2, 0.25) is 0 Å². The SMILES string of the molecule is Cc1cccc(OCC(C)C)c1-n1nc2c(c1-c1cc(F)c3[nH]ccc3c1)CN(c1ncc(C(F)(F)F)cc1F)CC2. The van der Waals surface area contributed by atoms with Gasteiger partial charge in [0.15, 0.2) is 11.6 Å². The molecule has 0 saturated carbocycles. The zero-order chi connectivity index (χ0) is 29.8. The number of hydrogen-bond donors (Lipinski definition) is 1. The molecule has 1 aliphatic heterocycles. The van der Waals surface area contributed by atoms with Crippen molar-refractivity contribution in [1.29, 1.82) is 0 Å². The van der Waals surface area contributed by atoms with Crippen LogP contribution in [0.4, 0.5) is 27.8 Å². The molecule has 0 fully saturated rings. The monoisotopic (exact) mass is 581 g/mol. The normalized spacial score (nSPS) is 13.7. The summed E-state index contributed by atoms with van der Waals surface area (Å²) in [6, 6.07) is 11.2. The second kappa shape index (κ2) is 10.5. The van der Waals surface area contributed by atoms with E-state index in [-0.39, 0.29) is 24.8 Å². The smallest absolute Gasteiger partial charge is 0.417 e. The Labute approximate surface area is 238 Å². The molecule has 42 heavy (non-hydrogen) atoms. The molecule has 0 amide bonds. The van der Waals surface area contributed by atoms with Gasteiger partial charge in [-0.2, -0.15) is 18.3 Å². The third-order valence-corrected chi connectivity index (χ3v) is 7.35. The highest BCUT2D eigenvalue weighted by atomic mass is 19.4. The molecule has 0 spiro atoms. The van der Waals surface area contributed by atoms with E-state index in [4.69, 9.17) is 9.84 Å². The van der Waals surface area contributed by atoms with Crippen molar-refractivity contribution in [2.45, 2.75) is 39.9 Å². The van der Waals surface area contributed by atoms with Gasteiger partial charge in [-0.1, -0.05) is 26.0 Å². The number of H-pyrrole nitrogens is 1. The molecule has 0 aliphatic carbocycles. The fourth-order valence-electron chi connectivity index (χ4n) is 5.37. The maximum absolute atomic E-state index is 15.3. The van der Waals surface area contributed by atoms with Gasteiger partial charge in [-0.15, -0.1) is 0 Å². The summed E-state index contributed by atoms with van der Waals surface area (Å²) in [5.74, 6) is -0.811. The molecular weight excluding hydrogens is 553 g/mol. The summed E-state index contributed by atoms with van der Waals surface area (Å²) >= 11 is 0. The van der Waals surface area contributed by atoms with Gasteiger partial charge in [0.25, 0.3) is 0 Å². The summed E-state index contributed by atoms with van der Waals surface area (Å²) in [4.78, 5) is 8.34. The first-order valence-electron chi connectivity index (χ1n) is 13.6. The number of aromatic nitrogens is 4. The first-order chi connectivity index (χ1) is 20.0. The number of pyridine rings is 1. The third-order valence-electron chi connectivity index (χ3n) is 7.35. The van der Waals surface area contributed by atoms with Crippen LogP contribution in [0, 0.1) is 24.5 Å². The molecular formula is C31H28F5N5O. The maximum atomic E-state index is 15.3. The number of nitrogens with zero attached hydrogens (tertiary/aromatic N) is 4. The van der Waals surface area contributed by atoms with Crippen molar-refractivity contribution < 1.29 is 26.7 Å². The number of halogens is 5. The van der Waals surface area contributed by atoms with Crippen LogP contribution >= 0.6 is 0 Å². The van der Waals surface area contributed by atoms with E-state index in [1.165, 1.54) is 6.07 Å². The Bertz CT molecular complexity index is 1790. The predicted octanol–water partition coefficient (Wildman–Crippen LogP) is 7.62. The standard InChI is InChI=1S/C31H28F5N5O/c1-17(2)16-42-26-6-4-5-18(3)28(26)41-29(20-11-19-7-9-37-27(19)23(32)12-20)22-15-40(10-8-25(22)39-41)30-24(33)13-21(14-38-30)31(34,35)36/h4-7,9,11-14,17,37H,8,10,15-16H2,1-3H3. The molecule has 0 atom stereocenters. The number of benzene rings is 2. The van der Waals surface area contributed by atoms with Gasteiger partial charge in [-0.3, -0.25) is 0 Å². The molecule has 0 radical (unpaired) electrons. The minimum Gasteiger partial charge on any atom is -0.491 e. The summed E-state index contributed by atoms with van der Waals surface area (Å²) in [6.07, 6.45) is -2.04. The van der Waals surface area contributed by atoms with E-state index in [2.05, 4.69) is 9.97 Å². The van der Waals surface area contributed by atoms with E-state index in [1.54, 1.807) is 21.8 Å². The highest BCUT2D eigenvalue weighted by molar-refractivity contribution is 5.86. The van der Waals surface area contributed by atoms with Gasteiger partial charge in [0.05, 0.1) is 29.1 Å². The lowest BCUT2D eigenvalue weighted by molar-refractivity contribution is -0.138. The number of para-hydroxylation sites is 1. The molecule has 1 aliphatic rings. The van der Waals surface area contributed by atoms with Crippen molar-refractivity contribution in [3.8, 4) is 22.7 Å². The fourth-order valence-corrected chi connectivity index (χ4v) is 5.37. The van der Waals surface area contributed by atoms with Crippen LogP contribution < -0.4 is 9.64 Å². The quantitative estimate of drug-likeness (QED) is 0.210. The second-order valence-electron chi connectivity index (χ2n) is 10.9. The maximum Gasteiger partial charge on any atom is 0.417 e. The number of alkyl halides is 3. The molecule has 6 rings (SSSR count). The fraction of sp³-hybridized carbons (Fsp3) is 0.290. The molecule has 11 heteroatoms. The van der Waals surface area contributed by atoms with Crippen LogP contribution in [0.5, 0.6) is 5.75 Å². The molecule has 2 aromatic carbocycles. The van der Waals surface area contributed by atoms with Crippen LogP contribution in [0.15, 0.2) is 54.9 Å². The van der Waals surface area contributed by atoms with Crippen LogP contribution in [0.25, 0.3) is 27.8 Å². The summed E-state index contributed by atoms with van der Waals surface area (Å²) in [5.41, 5.74) is 3.36. The van der Waals surface area contributed by atoms with Crippen LogP contribution in [0.3, 0.4) is 0 Å². The van der Waals surface area contributed by atoms with Crippen molar-refractivity contribution in [2.24, 2.45) is 5.92 Å². The van der Waals surface area contributed by atoms with Crippen LogP contribution in [0.2, 0.25) is 0 Å². The molecule has 218 valence electrons. The molecule has 3 aromatic heterocycles. The molecule has 4 heterocycles. The van der Waals surface area contributed by atoms with E-state index in [0.29, 0.717) is 64.5 Å². The summed E-state index contributed by atoms with van der Waals surface area (Å²) in [6.45, 7) is 6.90. The minimum atomic E-state index is -4.71. The Morgan fingerprint density at radius 2 is 1.88 bits per heavy atom. The average Bonchev–Trinajstić information content (AvgIpc) is 3.56. The molecule has 1 N–H and O–H groups in total. The summed E-state index contributed by atoms with van der Waals surface area (Å²) < 4.78 is 77.7. The van der Waals surface area contributed by atoms with Gasteiger partial charge in [0, 0.05) is 48.4 Å². The van der Waals surface area contributed by atoms with Crippen LogP contribution in [0.1, 0.15) is 36.2 Å². The number of aromatic amines is 1. The summed E-state index contributed by atoms with van der Waals surface area (Å²) in [7, 11) is 0. The van der Waals surface area contributed by atoms with Crippen LogP contribution in [-0.2, 0) is 19.1 Å². The van der Waals surface area contributed by atoms with Gasteiger partial charge in [-0.25, -0.2) is 18.4 Å². The van der Waals surface area contributed by atoms with Crippen molar-refractivity contribution in [1.82, 2.24) is 19.7 Å². The van der Waals surface area contributed by atoms with Crippen molar-refractivity contribution >= 4 is 16.7 Å². The lowest BCUT2D eigenvalue weighted by Gasteiger charge is -2.28. The number of nitrogens with one attached hydrogen (secondary N) is 1. The Balaban J connectivity index is 1.52. The molecule has 0 saturated heterocycles. The molecule has 0 bridgehead atoms. The number of aryl methyl sites for hydroxylation is 1. The number of fused-ring (bicyclic) bond motifs is 2. The zero-order valence-electron chi connectivity index (χ0n) is 23.2. The van der Waals surface area contributed by atoms with Crippen LogP contribution in [-0.4, -0.2) is 32.9 Å². The minimum absolute atomic E-state index is 0.112. The number of hydrogen-bond acceptors (Lipinski definition) is 4. The molecule has 0 unspecified atom stereocenters. The largest absolute Gasteiger partial charge is 0.491 e. The lowest BCUT2D eigenvalue weighted by atomic mass is 9.99. The Morgan fingerprint density at radius 3 is 2.62 bits per heavy atom. The highest BCUT2D eigenvalue weighted by Gasteiger charge is 2.34. The number of anilines is 1.